The van der Waals surface area contributed by atoms with Crippen molar-refractivity contribution < 1.29 is 28.1 Å². The summed E-state index contributed by atoms with van der Waals surface area (Å²) in [6.45, 7) is -0.187. The predicted octanol–water partition coefficient (Wildman–Crippen LogP) is 1.99. The number of benzene rings is 1. The van der Waals surface area contributed by atoms with E-state index in [9.17, 15) is 28.9 Å². The molecule has 1 fully saturated rings. The van der Waals surface area contributed by atoms with Gasteiger partial charge in [0.2, 0.25) is 0 Å². The molecule has 0 saturated carbocycles. The van der Waals surface area contributed by atoms with Gasteiger partial charge < -0.3 is 4.42 Å². The molecule has 10 heteroatoms. The molecule has 0 bridgehead atoms. The van der Waals surface area contributed by atoms with E-state index in [0.717, 1.165) is 17.0 Å². The Bertz CT molecular complexity index is 947. The van der Waals surface area contributed by atoms with Crippen molar-refractivity contribution in [1.29, 1.82) is 0 Å². The number of urea groups is 1. The summed E-state index contributed by atoms with van der Waals surface area (Å²) < 4.78 is 17.8. The maximum atomic E-state index is 13.0. The van der Waals surface area contributed by atoms with E-state index in [2.05, 4.69) is 0 Å². The smallest absolute Gasteiger partial charge is 0.401 e. The number of furan rings is 1. The number of carbonyl (C=O) groups is 3. The Hall–Kier alpha value is -3.82. The summed E-state index contributed by atoms with van der Waals surface area (Å²) in [5.41, 5.74) is 0.0493. The van der Waals surface area contributed by atoms with Crippen LogP contribution in [0.5, 0.6) is 0 Å². The maximum absolute atomic E-state index is 13.0. The third kappa shape index (κ3) is 3.34. The van der Waals surface area contributed by atoms with E-state index < -0.39 is 40.0 Å². The van der Waals surface area contributed by atoms with E-state index in [1.807, 2.05) is 5.32 Å². The molecule has 0 unspecified atom stereocenters. The minimum absolute atomic E-state index is 0.0914. The molecule has 9 nitrogen and oxygen atoms in total. The van der Waals surface area contributed by atoms with E-state index in [1.165, 1.54) is 30.3 Å². The Kier molecular flexibility index (Phi) is 4.31. The molecule has 0 radical (unpaired) electrons. The Morgan fingerprint density at radius 2 is 1.85 bits per heavy atom. The number of hydrogen-bond acceptors (Lipinski definition) is 6. The molecule has 2 aromatic rings. The Balaban J connectivity index is 1.88. The average molecular weight is 359 g/mol. The molecular weight excluding hydrogens is 349 g/mol. The van der Waals surface area contributed by atoms with E-state index in [0.29, 0.717) is 5.56 Å². The average Bonchev–Trinajstić information content (AvgIpc) is 3.06. The molecule has 1 aromatic heterocycles. The minimum atomic E-state index is -0.950. The third-order valence-corrected chi connectivity index (χ3v) is 3.52. The second-order valence-corrected chi connectivity index (χ2v) is 5.27. The van der Waals surface area contributed by atoms with Gasteiger partial charge in [0.15, 0.2) is 0 Å². The SMILES string of the molecule is O=C1NC(=O)N(Cc2ccc(F)cc2)C(=O)/C1=C\c1ccc([N+](=O)[O-])o1. The highest BCUT2D eigenvalue weighted by molar-refractivity contribution is 6.30. The number of nitro groups is 1. The summed E-state index contributed by atoms with van der Waals surface area (Å²) in [4.78, 5) is 47.0. The standard InChI is InChI=1S/C16H10FN3O6/c17-10-3-1-9(2-4-10)8-19-15(22)12(14(21)18-16(19)23)7-11-5-6-13(26-11)20(24)25/h1-7H,8H2,(H,18,21,23)/b12-7-. The first-order valence-electron chi connectivity index (χ1n) is 7.22. The molecule has 1 aliphatic rings. The van der Waals surface area contributed by atoms with Gasteiger partial charge in [-0.05, 0) is 29.8 Å². The van der Waals surface area contributed by atoms with Gasteiger partial charge in [0.05, 0.1) is 12.6 Å². The van der Waals surface area contributed by atoms with Crippen LogP contribution >= 0.6 is 0 Å². The molecule has 0 aliphatic carbocycles. The summed E-state index contributed by atoms with van der Waals surface area (Å²) in [6.07, 6.45) is 1.01. The van der Waals surface area contributed by atoms with Crippen molar-refractivity contribution in [3.63, 3.8) is 0 Å². The number of carbonyl (C=O) groups excluding carboxylic acids is 3. The molecule has 1 N–H and O–H groups in total. The molecule has 3 rings (SSSR count). The van der Waals surface area contributed by atoms with E-state index in [4.69, 9.17) is 4.42 Å². The van der Waals surface area contributed by atoms with E-state index in [1.54, 1.807) is 0 Å². The largest absolute Gasteiger partial charge is 0.433 e. The second kappa shape index (κ2) is 6.59. The number of nitrogens with one attached hydrogen (secondary N) is 1. The molecule has 132 valence electrons. The van der Waals surface area contributed by atoms with Crippen molar-refractivity contribution in [3.05, 3.63) is 69.2 Å². The molecule has 1 aliphatic heterocycles. The van der Waals surface area contributed by atoms with E-state index in [-0.39, 0.29) is 12.3 Å². The van der Waals surface area contributed by atoms with Gasteiger partial charge >= 0.3 is 11.9 Å². The number of barbiturate groups is 1. The normalized spacial score (nSPS) is 16.1. The van der Waals surface area contributed by atoms with Crippen LogP contribution in [0.3, 0.4) is 0 Å². The highest BCUT2D eigenvalue weighted by Crippen LogP contribution is 2.21. The fourth-order valence-corrected chi connectivity index (χ4v) is 2.27. The highest BCUT2D eigenvalue weighted by Gasteiger charge is 2.36. The summed E-state index contributed by atoms with van der Waals surface area (Å²) in [7, 11) is 0. The fraction of sp³-hybridized carbons (Fsp3) is 0.0625. The zero-order chi connectivity index (χ0) is 18.8. The molecule has 1 saturated heterocycles. The molecule has 2 heterocycles. The molecule has 1 aromatic carbocycles. The Morgan fingerprint density at radius 3 is 2.46 bits per heavy atom. The van der Waals surface area contributed by atoms with Crippen molar-refractivity contribution >= 4 is 29.8 Å². The molecule has 26 heavy (non-hydrogen) atoms. The minimum Gasteiger partial charge on any atom is -0.401 e. The fourth-order valence-electron chi connectivity index (χ4n) is 2.27. The zero-order valence-corrected chi connectivity index (χ0v) is 13.0. The maximum Gasteiger partial charge on any atom is 0.433 e. The van der Waals surface area contributed by atoms with Crippen molar-refractivity contribution in [2.24, 2.45) is 0 Å². The van der Waals surface area contributed by atoms with Crippen molar-refractivity contribution in [2.45, 2.75) is 6.54 Å². The monoisotopic (exact) mass is 359 g/mol. The van der Waals surface area contributed by atoms with Crippen LogP contribution in [0, 0.1) is 15.9 Å². The van der Waals surface area contributed by atoms with Gasteiger partial charge in [-0.25, -0.2) is 9.18 Å². The van der Waals surface area contributed by atoms with Gasteiger partial charge in [-0.15, -0.1) is 0 Å². The van der Waals surface area contributed by atoms with Crippen molar-refractivity contribution in [1.82, 2.24) is 10.2 Å². The topological polar surface area (TPSA) is 123 Å². The van der Waals surface area contributed by atoms with Gasteiger partial charge in [0.25, 0.3) is 11.8 Å². The number of rotatable bonds is 4. The van der Waals surface area contributed by atoms with Crippen LogP contribution in [0.15, 0.2) is 46.4 Å². The van der Waals surface area contributed by atoms with Crippen LogP contribution in [-0.4, -0.2) is 27.7 Å². The second-order valence-electron chi connectivity index (χ2n) is 5.27. The predicted molar refractivity (Wildman–Crippen MR) is 83.8 cm³/mol. The number of hydrogen-bond donors (Lipinski definition) is 1. The zero-order valence-electron chi connectivity index (χ0n) is 13.0. The molecular formula is C16H10FN3O6. The summed E-state index contributed by atoms with van der Waals surface area (Å²) in [5.74, 6) is -2.97. The van der Waals surface area contributed by atoms with Crippen LogP contribution in [-0.2, 0) is 16.1 Å². The van der Waals surface area contributed by atoms with Crippen LogP contribution in [0.4, 0.5) is 15.1 Å². The number of halogens is 1. The highest BCUT2D eigenvalue weighted by atomic mass is 19.1. The number of amides is 4. The lowest BCUT2D eigenvalue weighted by atomic mass is 10.1. The van der Waals surface area contributed by atoms with Gasteiger partial charge in [-0.1, -0.05) is 12.1 Å². The van der Waals surface area contributed by atoms with Crippen LogP contribution in [0.1, 0.15) is 11.3 Å². The van der Waals surface area contributed by atoms with E-state index >= 15 is 0 Å². The van der Waals surface area contributed by atoms with Crippen LogP contribution < -0.4 is 5.32 Å². The number of nitrogens with zero attached hydrogens (tertiary/aromatic N) is 2. The summed E-state index contributed by atoms with van der Waals surface area (Å²) in [6, 6.07) is 6.49. The third-order valence-electron chi connectivity index (χ3n) is 3.52. The van der Waals surface area contributed by atoms with Gasteiger partial charge in [0, 0.05) is 0 Å². The van der Waals surface area contributed by atoms with Gasteiger partial charge in [-0.3, -0.25) is 29.9 Å². The Labute approximate surface area is 144 Å². The van der Waals surface area contributed by atoms with Crippen LogP contribution in [0.2, 0.25) is 0 Å². The molecule has 4 amide bonds. The van der Waals surface area contributed by atoms with Crippen molar-refractivity contribution in [3.8, 4) is 0 Å². The van der Waals surface area contributed by atoms with Crippen LogP contribution in [0.25, 0.3) is 6.08 Å². The Morgan fingerprint density at radius 1 is 1.15 bits per heavy atom. The lowest BCUT2D eigenvalue weighted by molar-refractivity contribution is -0.402. The lowest BCUT2D eigenvalue weighted by Gasteiger charge is -2.26. The van der Waals surface area contributed by atoms with Gasteiger partial charge in [-0.2, -0.15) is 0 Å². The summed E-state index contributed by atoms with van der Waals surface area (Å²) >= 11 is 0. The first kappa shape index (κ1) is 17.0. The molecule has 0 spiro atoms. The lowest BCUT2D eigenvalue weighted by Crippen LogP contribution is -2.53. The first-order valence-corrected chi connectivity index (χ1v) is 7.22. The van der Waals surface area contributed by atoms with Crippen molar-refractivity contribution in [2.75, 3.05) is 0 Å². The summed E-state index contributed by atoms with van der Waals surface area (Å²) in [5, 5.41) is 12.6. The number of imide groups is 2. The molecule has 0 atom stereocenters. The van der Waals surface area contributed by atoms with Gasteiger partial charge in [0.1, 0.15) is 22.1 Å². The quantitative estimate of drug-likeness (QED) is 0.385. The first-order chi connectivity index (χ1) is 12.3.